The van der Waals surface area contributed by atoms with Crippen molar-refractivity contribution in [3.8, 4) is 5.69 Å². The fraction of sp³-hybridized carbons (Fsp3) is 0.238. The molecule has 5 heteroatoms. The molecule has 132 valence electrons. The summed E-state index contributed by atoms with van der Waals surface area (Å²) in [5.41, 5.74) is 3.17. The smallest absolute Gasteiger partial charge is 0.227 e. The van der Waals surface area contributed by atoms with Gasteiger partial charge < -0.3 is 4.90 Å². The van der Waals surface area contributed by atoms with Crippen LogP contribution in [0, 0.1) is 0 Å². The van der Waals surface area contributed by atoms with Crippen molar-refractivity contribution in [3.63, 3.8) is 0 Å². The van der Waals surface area contributed by atoms with Crippen molar-refractivity contribution in [1.29, 1.82) is 0 Å². The van der Waals surface area contributed by atoms with Crippen LogP contribution >= 0.6 is 11.8 Å². The predicted molar refractivity (Wildman–Crippen MR) is 106 cm³/mol. The first-order chi connectivity index (χ1) is 12.8. The first kappa shape index (κ1) is 16.9. The Labute approximate surface area is 157 Å². The molecule has 0 saturated carbocycles. The summed E-state index contributed by atoms with van der Waals surface area (Å²) in [4.78, 5) is 16.0. The van der Waals surface area contributed by atoms with E-state index in [0.717, 1.165) is 35.7 Å². The monoisotopic (exact) mass is 363 g/mol. The van der Waals surface area contributed by atoms with Crippen LogP contribution in [0.4, 0.5) is 5.69 Å². The maximum absolute atomic E-state index is 12.9. The topological polar surface area (TPSA) is 38.1 Å². The van der Waals surface area contributed by atoms with Crippen LogP contribution < -0.4 is 4.90 Å². The van der Waals surface area contributed by atoms with E-state index in [2.05, 4.69) is 17.2 Å². The van der Waals surface area contributed by atoms with E-state index in [1.54, 1.807) is 0 Å². The average Bonchev–Trinajstić information content (AvgIpc) is 3.06. The predicted octanol–water partition coefficient (Wildman–Crippen LogP) is 4.33. The summed E-state index contributed by atoms with van der Waals surface area (Å²) in [6.07, 6.45) is 6.09. The SMILES string of the molecule is O=C(CCc1cnn(-c2ccccc2)c1)N1CCCSc2ccccc21. The molecule has 0 aliphatic carbocycles. The molecule has 3 aromatic rings. The number of thioether (sulfide) groups is 1. The van der Waals surface area contributed by atoms with Gasteiger partial charge in [0, 0.05) is 24.1 Å². The van der Waals surface area contributed by atoms with Gasteiger partial charge in [-0.1, -0.05) is 30.3 Å². The van der Waals surface area contributed by atoms with E-state index < -0.39 is 0 Å². The molecule has 0 N–H and O–H groups in total. The van der Waals surface area contributed by atoms with Gasteiger partial charge in [0.05, 0.1) is 17.6 Å². The molecule has 1 aliphatic rings. The second-order valence-electron chi connectivity index (χ2n) is 6.34. The quantitative estimate of drug-likeness (QED) is 0.692. The van der Waals surface area contributed by atoms with Crippen LogP contribution in [0.3, 0.4) is 0 Å². The normalized spacial score (nSPS) is 13.9. The maximum atomic E-state index is 12.9. The van der Waals surface area contributed by atoms with Crippen LogP contribution in [0.5, 0.6) is 0 Å². The molecule has 1 aliphatic heterocycles. The van der Waals surface area contributed by atoms with Gasteiger partial charge in [-0.2, -0.15) is 5.10 Å². The van der Waals surface area contributed by atoms with E-state index in [9.17, 15) is 4.79 Å². The van der Waals surface area contributed by atoms with Crippen LogP contribution in [0.2, 0.25) is 0 Å². The lowest BCUT2D eigenvalue weighted by Gasteiger charge is -2.22. The van der Waals surface area contributed by atoms with Crippen molar-refractivity contribution in [2.75, 3.05) is 17.2 Å². The lowest BCUT2D eigenvalue weighted by molar-refractivity contribution is -0.118. The van der Waals surface area contributed by atoms with Gasteiger partial charge in [0.1, 0.15) is 0 Å². The highest BCUT2D eigenvalue weighted by atomic mass is 32.2. The zero-order valence-corrected chi connectivity index (χ0v) is 15.4. The van der Waals surface area contributed by atoms with Crippen LogP contribution in [0.1, 0.15) is 18.4 Å². The highest BCUT2D eigenvalue weighted by Crippen LogP contribution is 2.33. The Morgan fingerprint density at radius 2 is 1.88 bits per heavy atom. The minimum Gasteiger partial charge on any atom is -0.311 e. The zero-order valence-electron chi connectivity index (χ0n) is 14.5. The highest BCUT2D eigenvalue weighted by Gasteiger charge is 2.21. The Balaban J connectivity index is 1.44. The van der Waals surface area contributed by atoms with E-state index in [0.29, 0.717) is 12.8 Å². The van der Waals surface area contributed by atoms with Crippen LogP contribution in [-0.4, -0.2) is 28.0 Å². The summed E-state index contributed by atoms with van der Waals surface area (Å²) in [6.45, 7) is 0.798. The van der Waals surface area contributed by atoms with Gasteiger partial charge in [0.15, 0.2) is 0 Å². The summed E-state index contributed by atoms with van der Waals surface area (Å²) >= 11 is 1.84. The Morgan fingerprint density at radius 1 is 1.08 bits per heavy atom. The van der Waals surface area contributed by atoms with Crippen molar-refractivity contribution >= 4 is 23.4 Å². The van der Waals surface area contributed by atoms with Crippen LogP contribution in [0.15, 0.2) is 71.9 Å². The fourth-order valence-electron chi connectivity index (χ4n) is 3.18. The molecule has 0 unspecified atom stereocenters. The Hall–Kier alpha value is -2.53. The molecule has 0 spiro atoms. The van der Waals surface area contributed by atoms with Gasteiger partial charge >= 0.3 is 0 Å². The van der Waals surface area contributed by atoms with Gasteiger partial charge in [0.25, 0.3) is 0 Å². The van der Waals surface area contributed by atoms with E-state index in [1.807, 2.05) is 76.2 Å². The van der Waals surface area contributed by atoms with Gasteiger partial charge in [-0.15, -0.1) is 11.8 Å². The number of hydrogen-bond acceptors (Lipinski definition) is 3. The molecule has 4 rings (SSSR count). The number of fused-ring (bicyclic) bond motifs is 1. The average molecular weight is 363 g/mol. The van der Waals surface area contributed by atoms with Gasteiger partial charge in [-0.3, -0.25) is 4.79 Å². The Morgan fingerprint density at radius 3 is 2.77 bits per heavy atom. The zero-order chi connectivity index (χ0) is 17.8. The van der Waals surface area contributed by atoms with E-state index in [1.165, 1.54) is 4.90 Å². The summed E-state index contributed by atoms with van der Waals surface area (Å²) in [5, 5.41) is 4.42. The lowest BCUT2D eigenvalue weighted by atomic mass is 10.1. The standard InChI is InChI=1S/C21H21N3OS/c25-21(23-13-6-14-26-20-10-5-4-9-19(20)23)12-11-17-15-22-24(16-17)18-7-2-1-3-8-18/h1-5,7-10,15-16H,6,11-14H2. The third kappa shape index (κ3) is 3.68. The lowest BCUT2D eigenvalue weighted by Crippen LogP contribution is -2.31. The summed E-state index contributed by atoms with van der Waals surface area (Å²) in [5.74, 6) is 1.25. The second-order valence-corrected chi connectivity index (χ2v) is 7.48. The molecule has 0 radical (unpaired) electrons. The first-order valence-corrected chi connectivity index (χ1v) is 9.91. The third-order valence-corrected chi connectivity index (χ3v) is 5.67. The molecular formula is C21H21N3OS. The Kier molecular flexibility index (Phi) is 5.07. The summed E-state index contributed by atoms with van der Waals surface area (Å²) in [6, 6.07) is 18.2. The molecule has 26 heavy (non-hydrogen) atoms. The number of aromatic nitrogens is 2. The first-order valence-electron chi connectivity index (χ1n) is 8.92. The number of aryl methyl sites for hydroxylation is 1. The van der Waals surface area contributed by atoms with E-state index >= 15 is 0 Å². The number of hydrogen-bond donors (Lipinski definition) is 0. The maximum Gasteiger partial charge on any atom is 0.227 e. The number of rotatable bonds is 4. The van der Waals surface area contributed by atoms with E-state index in [4.69, 9.17) is 0 Å². The number of nitrogens with zero attached hydrogens (tertiary/aromatic N) is 3. The number of para-hydroxylation sites is 2. The number of benzene rings is 2. The van der Waals surface area contributed by atoms with Crippen molar-refractivity contribution in [2.24, 2.45) is 0 Å². The second kappa shape index (κ2) is 7.79. The minimum atomic E-state index is 0.187. The molecule has 1 amide bonds. The van der Waals surface area contributed by atoms with Gasteiger partial charge in [-0.25, -0.2) is 4.68 Å². The third-order valence-electron chi connectivity index (χ3n) is 4.53. The minimum absolute atomic E-state index is 0.187. The van der Waals surface area contributed by atoms with Crippen molar-refractivity contribution < 1.29 is 4.79 Å². The van der Waals surface area contributed by atoms with Crippen molar-refractivity contribution in [2.45, 2.75) is 24.2 Å². The molecule has 0 atom stereocenters. The molecule has 0 saturated heterocycles. The molecular weight excluding hydrogens is 342 g/mol. The van der Waals surface area contributed by atoms with Crippen LogP contribution in [0.25, 0.3) is 5.69 Å². The molecule has 2 aromatic carbocycles. The van der Waals surface area contributed by atoms with Crippen molar-refractivity contribution in [3.05, 3.63) is 72.6 Å². The molecule has 1 aromatic heterocycles. The number of carbonyl (C=O) groups is 1. The fourth-order valence-corrected chi connectivity index (χ4v) is 4.18. The largest absolute Gasteiger partial charge is 0.311 e. The van der Waals surface area contributed by atoms with Gasteiger partial charge in [-0.05, 0) is 48.4 Å². The van der Waals surface area contributed by atoms with Crippen molar-refractivity contribution in [1.82, 2.24) is 9.78 Å². The highest BCUT2D eigenvalue weighted by molar-refractivity contribution is 7.99. The molecule has 2 heterocycles. The van der Waals surface area contributed by atoms with Gasteiger partial charge in [0.2, 0.25) is 5.91 Å². The Bertz CT molecular complexity index is 891. The molecule has 4 nitrogen and oxygen atoms in total. The number of anilines is 1. The summed E-state index contributed by atoms with van der Waals surface area (Å²) < 4.78 is 1.86. The van der Waals surface area contributed by atoms with Crippen LogP contribution in [-0.2, 0) is 11.2 Å². The number of carbonyl (C=O) groups excluding carboxylic acids is 1. The molecule has 0 bridgehead atoms. The van der Waals surface area contributed by atoms with E-state index in [-0.39, 0.29) is 5.91 Å². The summed E-state index contributed by atoms with van der Waals surface area (Å²) in [7, 11) is 0. The molecule has 0 fully saturated rings. The number of amides is 1.